The van der Waals surface area contributed by atoms with Crippen LogP contribution in [0.3, 0.4) is 0 Å². The van der Waals surface area contributed by atoms with Crippen molar-refractivity contribution >= 4 is 18.2 Å². The number of rotatable bonds is 3. The zero-order chi connectivity index (χ0) is 17.5. The Labute approximate surface area is 124 Å². The smallest absolute Gasteiger partial charge is 0.208 e. The van der Waals surface area contributed by atoms with Crippen LogP contribution >= 0.6 is 0 Å². The van der Waals surface area contributed by atoms with E-state index in [1.165, 1.54) is 0 Å². The second kappa shape index (κ2) is 6.09. The standard InChI is InChI=1S/C13H5BF8O/c1-23-13-11(21)9(19)6(10(20)12(13)22)14-5-3(15)2-4(16)7(17)8(5)18/h2,14H,1H3. The van der Waals surface area contributed by atoms with E-state index in [1.54, 1.807) is 0 Å². The van der Waals surface area contributed by atoms with Crippen molar-refractivity contribution in [3.8, 4) is 5.75 Å². The van der Waals surface area contributed by atoms with Gasteiger partial charge < -0.3 is 4.74 Å². The topological polar surface area (TPSA) is 9.23 Å². The van der Waals surface area contributed by atoms with Crippen LogP contribution in [0.2, 0.25) is 0 Å². The van der Waals surface area contributed by atoms with Gasteiger partial charge >= 0.3 is 0 Å². The van der Waals surface area contributed by atoms with Gasteiger partial charge in [0.2, 0.25) is 18.9 Å². The predicted octanol–water partition coefficient (Wildman–Crippen LogP) is 2.20. The lowest BCUT2D eigenvalue weighted by atomic mass is 9.62. The quantitative estimate of drug-likeness (QED) is 0.360. The zero-order valence-electron chi connectivity index (χ0n) is 11.2. The van der Waals surface area contributed by atoms with E-state index in [2.05, 4.69) is 4.74 Å². The van der Waals surface area contributed by atoms with Crippen LogP contribution < -0.4 is 15.7 Å². The average molecular weight is 340 g/mol. The summed E-state index contributed by atoms with van der Waals surface area (Å²) in [6.45, 7) is 0. The van der Waals surface area contributed by atoms with Gasteiger partial charge in [-0.25, -0.2) is 26.3 Å². The molecule has 0 saturated carbocycles. The fourth-order valence-electron chi connectivity index (χ4n) is 1.93. The molecule has 0 aromatic heterocycles. The van der Waals surface area contributed by atoms with E-state index < -0.39 is 70.5 Å². The summed E-state index contributed by atoms with van der Waals surface area (Å²) < 4.78 is 112. The van der Waals surface area contributed by atoms with Crippen LogP contribution in [0.1, 0.15) is 0 Å². The van der Waals surface area contributed by atoms with Gasteiger partial charge in [0.15, 0.2) is 34.8 Å². The normalized spacial score (nSPS) is 10.8. The summed E-state index contributed by atoms with van der Waals surface area (Å²) in [5.74, 6) is -16.8. The van der Waals surface area contributed by atoms with Crippen LogP contribution in [-0.4, -0.2) is 14.4 Å². The molecule has 10 heteroatoms. The van der Waals surface area contributed by atoms with Crippen LogP contribution in [0.15, 0.2) is 6.07 Å². The molecule has 0 aliphatic rings. The van der Waals surface area contributed by atoms with Gasteiger partial charge in [0, 0.05) is 6.07 Å². The maximum atomic E-state index is 13.7. The van der Waals surface area contributed by atoms with Crippen LogP contribution in [0, 0.1) is 46.5 Å². The molecule has 0 bridgehead atoms. The summed E-state index contributed by atoms with van der Waals surface area (Å²) >= 11 is 0. The van der Waals surface area contributed by atoms with Gasteiger partial charge in [0.25, 0.3) is 0 Å². The highest BCUT2D eigenvalue weighted by atomic mass is 19.2. The number of hydrogen-bond donors (Lipinski definition) is 0. The lowest BCUT2D eigenvalue weighted by molar-refractivity contribution is 0.335. The molecule has 2 aromatic rings. The molecule has 122 valence electrons. The van der Waals surface area contributed by atoms with E-state index in [0.29, 0.717) is 0 Å². The third-order valence-electron chi connectivity index (χ3n) is 3.08. The Morgan fingerprint density at radius 1 is 0.652 bits per heavy atom. The van der Waals surface area contributed by atoms with E-state index in [4.69, 9.17) is 0 Å². The van der Waals surface area contributed by atoms with Gasteiger partial charge in [-0.15, -0.1) is 0 Å². The first-order valence-corrected chi connectivity index (χ1v) is 5.91. The fourth-order valence-corrected chi connectivity index (χ4v) is 1.93. The molecule has 1 nitrogen and oxygen atoms in total. The molecule has 0 saturated heterocycles. The summed E-state index contributed by atoms with van der Waals surface area (Å²) in [6, 6.07) is -0.0558. The maximum absolute atomic E-state index is 13.7. The number of benzene rings is 2. The van der Waals surface area contributed by atoms with Gasteiger partial charge in [-0.05, 0) is 10.9 Å². The summed E-state index contributed by atoms with van der Waals surface area (Å²) in [5.41, 5.74) is -2.68. The highest BCUT2D eigenvalue weighted by Gasteiger charge is 2.29. The fraction of sp³-hybridized carbons (Fsp3) is 0.0769. The van der Waals surface area contributed by atoms with Gasteiger partial charge in [0.1, 0.15) is 5.82 Å². The van der Waals surface area contributed by atoms with Crippen molar-refractivity contribution in [2.75, 3.05) is 7.11 Å². The first-order valence-electron chi connectivity index (χ1n) is 5.91. The minimum atomic E-state index is -2.09. The molecule has 0 heterocycles. The Bertz CT molecular complexity index is 764. The van der Waals surface area contributed by atoms with Crippen LogP contribution in [0.4, 0.5) is 35.1 Å². The first kappa shape index (κ1) is 17.1. The van der Waals surface area contributed by atoms with Gasteiger partial charge in [-0.3, -0.25) is 0 Å². The summed E-state index contributed by atoms with van der Waals surface area (Å²) in [6.07, 6.45) is 0. The minimum Gasteiger partial charge on any atom is -0.491 e. The van der Waals surface area contributed by atoms with Gasteiger partial charge in [-0.1, -0.05) is 0 Å². The molecule has 23 heavy (non-hydrogen) atoms. The van der Waals surface area contributed by atoms with E-state index >= 15 is 0 Å². The first-order chi connectivity index (χ1) is 10.7. The molecule has 0 fully saturated rings. The summed E-state index contributed by atoms with van der Waals surface area (Å²) in [5, 5.41) is 0. The molecule has 0 N–H and O–H groups in total. The second-order valence-electron chi connectivity index (χ2n) is 4.39. The molecule has 0 aliphatic carbocycles. The summed E-state index contributed by atoms with van der Waals surface area (Å²) in [7, 11) is -0.640. The van der Waals surface area contributed by atoms with Crippen LogP contribution in [-0.2, 0) is 0 Å². The molecular weight excluding hydrogens is 335 g/mol. The van der Waals surface area contributed by atoms with Crippen molar-refractivity contribution in [2.24, 2.45) is 0 Å². The Morgan fingerprint density at radius 3 is 1.61 bits per heavy atom. The Kier molecular flexibility index (Phi) is 4.53. The number of halogens is 8. The SMILES string of the molecule is COc1c(F)c(F)c(Bc2c(F)cc(F)c(F)c2F)c(F)c1F. The third kappa shape index (κ3) is 2.73. The molecule has 2 aromatic carbocycles. The zero-order valence-corrected chi connectivity index (χ0v) is 11.2. The molecular formula is C13H5BF8O. The van der Waals surface area contributed by atoms with Crippen molar-refractivity contribution in [3.63, 3.8) is 0 Å². The average Bonchev–Trinajstić information content (AvgIpc) is 2.51. The van der Waals surface area contributed by atoms with E-state index in [9.17, 15) is 35.1 Å². The molecule has 0 aliphatic heterocycles. The van der Waals surface area contributed by atoms with Gasteiger partial charge in [-0.2, -0.15) is 8.78 Å². The predicted molar refractivity (Wildman–Crippen MR) is 65.5 cm³/mol. The van der Waals surface area contributed by atoms with E-state index in [-0.39, 0.29) is 6.07 Å². The van der Waals surface area contributed by atoms with Crippen molar-refractivity contribution in [1.82, 2.24) is 0 Å². The Hall–Kier alpha value is -2.26. The number of hydrogen-bond acceptors (Lipinski definition) is 1. The van der Waals surface area contributed by atoms with Crippen molar-refractivity contribution in [2.45, 2.75) is 0 Å². The number of ether oxygens (including phenoxy) is 1. The molecule has 0 spiro atoms. The molecule has 0 radical (unpaired) electrons. The highest BCUT2D eigenvalue weighted by molar-refractivity contribution is 6.67. The highest BCUT2D eigenvalue weighted by Crippen LogP contribution is 2.24. The Morgan fingerprint density at radius 2 is 1.13 bits per heavy atom. The minimum absolute atomic E-state index is 0.0558. The van der Waals surface area contributed by atoms with Crippen molar-refractivity contribution < 1.29 is 39.9 Å². The largest absolute Gasteiger partial charge is 0.491 e. The second-order valence-corrected chi connectivity index (χ2v) is 4.39. The maximum Gasteiger partial charge on any atom is 0.208 e. The lowest BCUT2D eigenvalue weighted by Gasteiger charge is -2.11. The Balaban J connectivity index is 2.65. The van der Waals surface area contributed by atoms with Crippen molar-refractivity contribution in [3.05, 3.63) is 52.6 Å². The number of methoxy groups -OCH3 is 1. The van der Waals surface area contributed by atoms with E-state index in [0.717, 1.165) is 7.11 Å². The molecule has 0 atom stereocenters. The lowest BCUT2D eigenvalue weighted by Crippen LogP contribution is -2.38. The van der Waals surface area contributed by atoms with Crippen LogP contribution in [0.25, 0.3) is 0 Å². The monoisotopic (exact) mass is 340 g/mol. The van der Waals surface area contributed by atoms with Crippen LogP contribution in [0.5, 0.6) is 5.75 Å². The summed E-state index contributed by atoms with van der Waals surface area (Å²) in [4.78, 5) is 0. The van der Waals surface area contributed by atoms with E-state index in [1.807, 2.05) is 0 Å². The third-order valence-corrected chi connectivity index (χ3v) is 3.08. The van der Waals surface area contributed by atoms with Crippen molar-refractivity contribution in [1.29, 1.82) is 0 Å². The molecule has 0 unspecified atom stereocenters. The molecule has 2 rings (SSSR count). The van der Waals surface area contributed by atoms with Gasteiger partial charge in [0.05, 0.1) is 7.11 Å². The molecule has 0 amide bonds.